The van der Waals surface area contributed by atoms with Gasteiger partial charge in [0.25, 0.3) is 0 Å². The van der Waals surface area contributed by atoms with E-state index in [1.54, 1.807) is 19.1 Å². The van der Waals surface area contributed by atoms with E-state index in [0.29, 0.717) is 23.0 Å². The molecule has 1 aromatic heterocycles. The maximum Gasteiger partial charge on any atom is 0.213 e. The number of hydrogen-bond acceptors (Lipinski definition) is 4. The lowest BCUT2D eigenvalue weighted by Crippen LogP contribution is -2.03. The van der Waals surface area contributed by atoms with E-state index >= 15 is 0 Å². The van der Waals surface area contributed by atoms with Crippen LogP contribution >= 0.6 is 0 Å². The van der Waals surface area contributed by atoms with Crippen molar-refractivity contribution in [1.29, 1.82) is 5.41 Å². The smallest absolute Gasteiger partial charge is 0.213 e. The first-order valence-electron chi connectivity index (χ1n) is 3.51. The third-order valence-corrected chi connectivity index (χ3v) is 1.47. The Morgan fingerprint density at radius 3 is 2.75 bits per heavy atom. The van der Waals surface area contributed by atoms with Gasteiger partial charge in [-0.1, -0.05) is 0 Å². The molecule has 4 nitrogen and oxygen atoms in total. The molecule has 1 heterocycles. The van der Waals surface area contributed by atoms with Gasteiger partial charge in [0.15, 0.2) is 0 Å². The lowest BCUT2D eigenvalue weighted by Gasteiger charge is -2.04. The van der Waals surface area contributed by atoms with E-state index < -0.39 is 0 Å². The standard InChI is InChI=1S/C8H11N3O/c1-5(9)8-6(10)3-4-7(11-8)12-2/h3-4,9H,10H2,1-2H3. The molecule has 4 heteroatoms. The topological polar surface area (TPSA) is 72.0 Å². The van der Waals surface area contributed by atoms with Gasteiger partial charge in [-0.15, -0.1) is 0 Å². The fourth-order valence-corrected chi connectivity index (χ4v) is 0.866. The van der Waals surface area contributed by atoms with Crippen molar-refractivity contribution in [2.45, 2.75) is 6.92 Å². The second kappa shape index (κ2) is 3.21. The van der Waals surface area contributed by atoms with E-state index in [1.165, 1.54) is 7.11 Å². The van der Waals surface area contributed by atoms with Crippen molar-refractivity contribution >= 4 is 11.4 Å². The molecular weight excluding hydrogens is 154 g/mol. The second-order valence-corrected chi connectivity index (χ2v) is 2.42. The molecule has 1 rings (SSSR count). The van der Waals surface area contributed by atoms with Crippen molar-refractivity contribution in [3.05, 3.63) is 17.8 Å². The van der Waals surface area contributed by atoms with E-state index in [9.17, 15) is 0 Å². The van der Waals surface area contributed by atoms with Crippen LogP contribution in [0.4, 0.5) is 5.69 Å². The summed E-state index contributed by atoms with van der Waals surface area (Å²) in [6.07, 6.45) is 0. The Morgan fingerprint density at radius 2 is 2.25 bits per heavy atom. The maximum absolute atomic E-state index is 7.35. The minimum atomic E-state index is 0.339. The van der Waals surface area contributed by atoms with E-state index in [2.05, 4.69) is 4.98 Å². The number of hydrogen-bond donors (Lipinski definition) is 2. The van der Waals surface area contributed by atoms with Gasteiger partial charge in [-0.2, -0.15) is 0 Å². The van der Waals surface area contributed by atoms with Gasteiger partial charge in [-0.05, 0) is 13.0 Å². The Labute approximate surface area is 70.9 Å². The quantitative estimate of drug-likeness (QED) is 0.643. The molecule has 12 heavy (non-hydrogen) atoms. The maximum atomic E-state index is 7.35. The van der Waals surface area contributed by atoms with Crippen LogP contribution in [-0.2, 0) is 0 Å². The molecule has 0 bridgehead atoms. The molecule has 0 aliphatic rings. The molecule has 0 radical (unpaired) electrons. The SMILES string of the molecule is COc1ccc(N)c(C(C)=N)n1. The number of ether oxygens (including phenoxy) is 1. The fraction of sp³-hybridized carbons (Fsp3) is 0.250. The number of nitrogens with one attached hydrogen (secondary N) is 1. The van der Waals surface area contributed by atoms with Gasteiger partial charge < -0.3 is 15.9 Å². The van der Waals surface area contributed by atoms with Crippen molar-refractivity contribution in [1.82, 2.24) is 4.98 Å². The summed E-state index contributed by atoms with van der Waals surface area (Å²) in [5.41, 5.74) is 6.91. The molecule has 64 valence electrons. The summed E-state index contributed by atoms with van der Waals surface area (Å²) in [6, 6.07) is 3.35. The Morgan fingerprint density at radius 1 is 1.58 bits per heavy atom. The molecule has 3 N–H and O–H groups in total. The zero-order valence-electron chi connectivity index (χ0n) is 7.09. The summed E-state index contributed by atoms with van der Waals surface area (Å²) in [5, 5.41) is 7.35. The van der Waals surface area contributed by atoms with Gasteiger partial charge in [-0.25, -0.2) is 4.98 Å². The molecule has 0 aliphatic carbocycles. The third kappa shape index (κ3) is 1.53. The van der Waals surface area contributed by atoms with Crippen LogP contribution in [-0.4, -0.2) is 17.8 Å². The lowest BCUT2D eigenvalue weighted by atomic mass is 10.2. The van der Waals surface area contributed by atoms with Crippen molar-refractivity contribution in [3.8, 4) is 5.88 Å². The van der Waals surface area contributed by atoms with Crippen molar-refractivity contribution in [2.24, 2.45) is 0 Å². The Balaban J connectivity index is 3.17. The molecule has 0 fully saturated rings. The number of pyridine rings is 1. The highest BCUT2D eigenvalue weighted by molar-refractivity contribution is 5.99. The van der Waals surface area contributed by atoms with Gasteiger partial charge >= 0.3 is 0 Å². The molecule has 0 unspecified atom stereocenters. The average molecular weight is 165 g/mol. The first-order chi connectivity index (χ1) is 5.65. The zero-order chi connectivity index (χ0) is 9.14. The van der Waals surface area contributed by atoms with Crippen LogP contribution in [0.2, 0.25) is 0 Å². The van der Waals surface area contributed by atoms with Crippen LogP contribution in [0.3, 0.4) is 0 Å². The molecular formula is C8H11N3O. The molecule has 0 saturated carbocycles. The van der Waals surface area contributed by atoms with E-state index in [4.69, 9.17) is 15.9 Å². The Bertz CT molecular complexity index is 309. The number of anilines is 1. The molecule has 1 aromatic rings. The second-order valence-electron chi connectivity index (χ2n) is 2.42. The summed E-state index contributed by atoms with van der Waals surface area (Å²) in [7, 11) is 1.53. The summed E-state index contributed by atoms with van der Waals surface area (Å²) >= 11 is 0. The van der Waals surface area contributed by atoms with Crippen LogP contribution < -0.4 is 10.5 Å². The number of nitrogens with two attached hydrogens (primary N) is 1. The number of nitrogen functional groups attached to an aromatic ring is 1. The minimum absolute atomic E-state index is 0.339. The number of rotatable bonds is 2. The van der Waals surface area contributed by atoms with Crippen LogP contribution in [0.15, 0.2) is 12.1 Å². The van der Waals surface area contributed by atoms with Gasteiger partial charge in [0.1, 0.15) is 5.69 Å². The average Bonchev–Trinajstić information content (AvgIpc) is 2.05. The van der Waals surface area contributed by atoms with Gasteiger partial charge in [0.05, 0.1) is 18.5 Å². The molecule has 0 spiro atoms. The van der Waals surface area contributed by atoms with Crippen molar-refractivity contribution in [2.75, 3.05) is 12.8 Å². The zero-order valence-corrected chi connectivity index (χ0v) is 7.09. The predicted molar refractivity (Wildman–Crippen MR) is 47.7 cm³/mol. The number of nitrogens with zero attached hydrogens (tertiary/aromatic N) is 1. The summed E-state index contributed by atoms with van der Waals surface area (Å²) in [6.45, 7) is 1.64. The lowest BCUT2D eigenvalue weighted by molar-refractivity contribution is 0.398. The van der Waals surface area contributed by atoms with Crippen LogP contribution in [0, 0.1) is 5.41 Å². The van der Waals surface area contributed by atoms with Gasteiger partial charge in [0.2, 0.25) is 5.88 Å². The van der Waals surface area contributed by atoms with E-state index in [1.807, 2.05) is 0 Å². The van der Waals surface area contributed by atoms with E-state index in [0.717, 1.165) is 0 Å². The van der Waals surface area contributed by atoms with Crippen molar-refractivity contribution < 1.29 is 4.74 Å². The number of methoxy groups -OCH3 is 1. The fourth-order valence-electron chi connectivity index (χ4n) is 0.866. The molecule has 0 aromatic carbocycles. The largest absolute Gasteiger partial charge is 0.481 e. The predicted octanol–water partition coefficient (Wildman–Crippen LogP) is 1.06. The summed E-state index contributed by atoms with van der Waals surface area (Å²) in [4.78, 5) is 4.02. The summed E-state index contributed by atoms with van der Waals surface area (Å²) in [5.74, 6) is 0.478. The normalized spacial score (nSPS) is 9.50. The number of aromatic nitrogens is 1. The first kappa shape index (κ1) is 8.52. The van der Waals surface area contributed by atoms with Crippen LogP contribution in [0.5, 0.6) is 5.88 Å². The first-order valence-corrected chi connectivity index (χ1v) is 3.51. The highest BCUT2D eigenvalue weighted by Crippen LogP contribution is 2.14. The molecule has 0 atom stereocenters. The van der Waals surface area contributed by atoms with E-state index in [-0.39, 0.29) is 0 Å². The molecule has 0 saturated heterocycles. The Hall–Kier alpha value is -1.58. The molecule has 0 aliphatic heterocycles. The highest BCUT2D eigenvalue weighted by Gasteiger charge is 2.04. The van der Waals surface area contributed by atoms with Crippen molar-refractivity contribution in [3.63, 3.8) is 0 Å². The van der Waals surface area contributed by atoms with Gasteiger partial charge in [0, 0.05) is 6.07 Å². The minimum Gasteiger partial charge on any atom is -0.481 e. The monoisotopic (exact) mass is 165 g/mol. The van der Waals surface area contributed by atoms with Crippen LogP contribution in [0.25, 0.3) is 0 Å². The highest BCUT2D eigenvalue weighted by atomic mass is 16.5. The van der Waals surface area contributed by atoms with Gasteiger partial charge in [-0.3, -0.25) is 0 Å². The third-order valence-electron chi connectivity index (χ3n) is 1.47. The Kier molecular flexibility index (Phi) is 2.28. The van der Waals surface area contributed by atoms with Crippen LogP contribution in [0.1, 0.15) is 12.6 Å². The molecule has 0 amide bonds. The summed E-state index contributed by atoms with van der Waals surface area (Å²) < 4.78 is 4.90.